The van der Waals surface area contributed by atoms with Gasteiger partial charge in [0, 0.05) is 11.8 Å². The number of halogens is 1. The van der Waals surface area contributed by atoms with Crippen LogP contribution in [0.1, 0.15) is 5.69 Å². The number of anilines is 2. The molecule has 2 aromatic heterocycles. The van der Waals surface area contributed by atoms with E-state index in [-0.39, 0.29) is 0 Å². The van der Waals surface area contributed by atoms with Gasteiger partial charge in [0.15, 0.2) is 11.6 Å². The summed E-state index contributed by atoms with van der Waals surface area (Å²) in [6.07, 6.45) is 2.95. The lowest BCUT2D eigenvalue weighted by Crippen LogP contribution is -1.94. The van der Waals surface area contributed by atoms with Gasteiger partial charge in [-0.15, -0.1) is 0 Å². The van der Waals surface area contributed by atoms with Crippen LogP contribution in [-0.4, -0.2) is 20.2 Å². The fourth-order valence-corrected chi connectivity index (χ4v) is 1.16. The summed E-state index contributed by atoms with van der Waals surface area (Å²) in [5, 5.41) is 10.2. The Hall–Kier alpha value is -1.62. The lowest BCUT2D eigenvalue weighted by molar-refractivity contribution is 1.05. The molecule has 0 aromatic carbocycles. The maximum Gasteiger partial charge on any atom is 0.153 e. The van der Waals surface area contributed by atoms with Gasteiger partial charge >= 0.3 is 0 Å². The minimum absolute atomic E-state index is 0.466. The zero-order chi connectivity index (χ0) is 9.97. The average Bonchev–Trinajstić information content (AvgIpc) is 2.56. The zero-order valence-electron chi connectivity index (χ0n) is 7.45. The molecule has 0 radical (unpaired) electrons. The van der Waals surface area contributed by atoms with Crippen molar-refractivity contribution in [1.82, 2.24) is 20.2 Å². The van der Waals surface area contributed by atoms with Crippen LogP contribution in [0.4, 0.5) is 11.6 Å². The van der Waals surface area contributed by atoms with E-state index in [0.29, 0.717) is 16.7 Å². The van der Waals surface area contributed by atoms with Crippen molar-refractivity contribution in [2.45, 2.75) is 6.92 Å². The molecule has 0 fully saturated rings. The Morgan fingerprint density at radius 1 is 1.50 bits per heavy atom. The molecule has 0 spiro atoms. The number of H-pyrrole nitrogens is 1. The van der Waals surface area contributed by atoms with E-state index in [1.807, 2.05) is 13.0 Å². The third kappa shape index (κ3) is 1.82. The van der Waals surface area contributed by atoms with Crippen LogP contribution in [0.15, 0.2) is 18.6 Å². The molecule has 2 N–H and O–H groups in total. The third-order valence-corrected chi connectivity index (χ3v) is 1.90. The van der Waals surface area contributed by atoms with Gasteiger partial charge in [0.05, 0.1) is 6.20 Å². The topological polar surface area (TPSA) is 66.5 Å². The standard InChI is InChI=1S/C8H8ClN5/c1-5-2-7(14-13-5)12-8-6(9)3-10-4-11-8/h2-4H,1H3,(H2,10,11,12,13,14). The molecular formula is C8H8ClN5. The number of nitrogens with zero attached hydrogens (tertiary/aromatic N) is 3. The number of aromatic nitrogens is 4. The first-order valence-electron chi connectivity index (χ1n) is 4.00. The molecule has 5 nitrogen and oxygen atoms in total. The summed E-state index contributed by atoms with van der Waals surface area (Å²) in [6, 6.07) is 1.86. The number of rotatable bonds is 2. The Morgan fingerprint density at radius 3 is 3.00 bits per heavy atom. The van der Waals surface area contributed by atoms with Crippen LogP contribution in [0, 0.1) is 6.92 Å². The number of nitrogens with one attached hydrogen (secondary N) is 2. The van der Waals surface area contributed by atoms with E-state index in [4.69, 9.17) is 11.6 Å². The van der Waals surface area contributed by atoms with Crippen LogP contribution in [0.25, 0.3) is 0 Å². The van der Waals surface area contributed by atoms with Crippen LogP contribution >= 0.6 is 11.6 Å². The molecule has 0 atom stereocenters. The van der Waals surface area contributed by atoms with E-state index in [1.165, 1.54) is 12.5 Å². The Balaban J connectivity index is 2.23. The van der Waals surface area contributed by atoms with Crippen molar-refractivity contribution in [2.24, 2.45) is 0 Å². The van der Waals surface area contributed by atoms with Crippen molar-refractivity contribution >= 4 is 23.2 Å². The SMILES string of the molecule is Cc1cc(Nc2ncncc2Cl)n[nH]1. The van der Waals surface area contributed by atoms with Gasteiger partial charge in [-0.3, -0.25) is 5.10 Å². The molecule has 0 amide bonds. The Labute approximate surface area is 85.5 Å². The minimum Gasteiger partial charge on any atom is -0.322 e. The Bertz CT molecular complexity index is 439. The van der Waals surface area contributed by atoms with E-state index in [1.54, 1.807) is 0 Å². The second kappa shape index (κ2) is 3.63. The van der Waals surface area contributed by atoms with Crippen molar-refractivity contribution in [3.8, 4) is 0 Å². The van der Waals surface area contributed by atoms with Crippen molar-refractivity contribution < 1.29 is 0 Å². The molecule has 0 aliphatic heterocycles. The Kier molecular flexibility index (Phi) is 2.32. The fraction of sp³-hybridized carbons (Fsp3) is 0.125. The van der Waals surface area contributed by atoms with Crippen molar-refractivity contribution in [2.75, 3.05) is 5.32 Å². The first-order valence-corrected chi connectivity index (χ1v) is 4.38. The second-order valence-electron chi connectivity index (χ2n) is 2.78. The van der Waals surface area contributed by atoms with E-state index in [2.05, 4.69) is 25.5 Å². The van der Waals surface area contributed by atoms with Crippen LogP contribution in [-0.2, 0) is 0 Å². The summed E-state index contributed by atoms with van der Waals surface area (Å²) in [5.74, 6) is 1.23. The summed E-state index contributed by atoms with van der Waals surface area (Å²) in [6.45, 7) is 1.92. The van der Waals surface area contributed by atoms with Crippen LogP contribution < -0.4 is 5.32 Å². The maximum absolute atomic E-state index is 5.86. The van der Waals surface area contributed by atoms with Crippen LogP contribution in [0.5, 0.6) is 0 Å². The highest BCUT2D eigenvalue weighted by Gasteiger charge is 2.03. The monoisotopic (exact) mass is 209 g/mol. The molecule has 14 heavy (non-hydrogen) atoms. The van der Waals surface area contributed by atoms with Crippen molar-refractivity contribution in [1.29, 1.82) is 0 Å². The Morgan fingerprint density at radius 2 is 2.36 bits per heavy atom. The third-order valence-electron chi connectivity index (χ3n) is 1.62. The predicted molar refractivity (Wildman–Crippen MR) is 53.6 cm³/mol. The first-order chi connectivity index (χ1) is 6.75. The van der Waals surface area contributed by atoms with Crippen molar-refractivity contribution in [3.05, 3.63) is 29.3 Å². The highest BCUT2D eigenvalue weighted by molar-refractivity contribution is 6.32. The van der Waals surface area contributed by atoms with Gasteiger partial charge < -0.3 is 5.32 Å². The zero-order valence-corrected chi connectivity index (χ0v) is 8.21. The number of hydrogen-bond acceptors (Lipinski definition) is 4. The quantitative estimate of drug-likeness (QED) is 0.793. The largest absolute Gasteiger partial charge is 0.322 e. The van der Waals surface area contributed by atoms with E-state index in [0.717, 1.165) is 5.69 Å². The highest BCUT2D eigenvalue weighted by Crippen LogP contribution is 2.20. The van der Waals surface area contributed by atoms with Gasteiger partial charge in [-0.2, -0.15) is 5.10 Å². The molecule has 0 bridgehead atoms. The summed E-state index contributed by atoms with van der Waals surface area (Å²) in [4.78, 5) is 7.76. The molecule has 0 saturated heterocycles. The van der Waals surface area contributed by atoms with Gasteiger partial charge in [0.25, 0.3) is 0 Å². The van der Waals surface area contributed by atoms with Crippen molar-refractivity contribution in [3.63, 3.8) is 0 Å². The normalized spacial score (nSPS) is 10.1. The molecule has 2 aromatic rings. The van der Waals surface area contributed by atoms with Gasteiger partial charge in [0.2, 0.25) is 0 Å². The first kappa shape index (κ1) is 8.96. The second-order valence-corrected chi connectivity index (χ2v) is 3.19. The summed E-state index contributed by atoms with van der Waals surface area (Å²) in [7, 11) is 0. The molecule has 6 heteroatoms. The molecule has 2 rings (SSSR count). The van der Waals surface area contributed by atoms with Gasteiger partial charge in [-0.1, -0.05) is 11.6 Å². The molecule has 0 aliphatic rings. The molecular weight excluding hydrogens is 202 g/mol. The van der Waals surface area contributed by atoms with Crippen LogP contribution in [0.3, 0.4) is 0 Å². The van der Waals surface area contributed by atoms with Gasteiger partial charge in [-0.25, -0.2) is 9.97 Å². The number of aryl methyl sites for hydroxylation is 1. The number of hydrogen-bond donors (Lipinski definition) is 2. The van der Waals surface area contributed by atoms with Crippen LogP contribution in [0.2, 0.25) is 5.02 Å². The van der Waals surface area contributed by atoms with E-state index >= 15 is 0 Å². The minimum atomic E-state index is 0.466. The van der Waals surface area contributed by atoms with E-state index < -0.39 is 0 Å². The predicted octanol–water partition coefficient (Wildman–Crippen LogP) is 1.91. The fourth-order valence-electron chi connectivity index (χ4n) is 1.01. The maximum atomic E-state index is 5.86. The highest BCUT2D eigenvalue weighted by atomic mass is 35.5. The number of aromatic amines is 1. The molecule has 0 saturated carbocycles. The molecule has 2 heterocycles. The molecule has 0 unspecified atom stereocenters. The average molecular weight is 210 g/mol. The lowest BCUT2D eigenvalue weighted by atomic mass is 10.4. The van der Waals surface area contributed by atoms with Gasteiger partial charge in [-0.05, 0) is 6.92 Å². The lowest BCUT2D eigenvalue weighted by Gasteiger charge is -2.01. The molecule has 72 valence electrons. The van der Waals surface area contributed by atoms with E-state index in [9.17, 15) is 0 Å². The summed E-state index contributed by atoms with van der Waals surface area (Å²) in [5.41, 5.74) is 0.970. The molecule has 0 aliphatic carbocycles. The smallest absolute Gasteiger partial charge is 0.153 e. The summed E-state index contributed by atoms with van der Waals surface area (Å²) >= 11 is 5.86. The van der Waals surface area contributed by atoms with Gasteiger partial charge in [0.1, 0.15) is 11.3 Å². The summed E-state index contributed by atoms with van der Waals surface area (Å²) < 4.78 is 0.